The van der Waals surface area contributed by atoms with Crippen LogP contribution in [0.3, 0.4) is 0 Å². The molecular weight excluding hydrogens is 309 g/mol. The molecule has 0 bridgehead atoms. The van der Waals surface area contributed by atoms with E-state index < -0.39 is 11.7 Å². The molecule has 0 saturated carbocycles. The highest BCUT2D eigenvalue weighted by Crippen LogP contribution is 2.34. The molecule has 0 aromatic heterocycles. The molecule has 0 saturated heterocycles. The van der Waals surface area contributed by atoms with Crippen LogP contribution in [0.2, 0.25) is 0 Å². The fraction of sp³-hybridized carbons (Fsp3) is 0.188. The summed E-state index contributed by atoms with van der Waals surface area (Å²) in [5, 5.41) is 5.74. The van der Waals surface area contributed by atoms with Gasteiger partial charge in [-0.25, -0.2) is 0 Å². The molecule has 0 spiro atoms. The lowest BCUT2D eigenvalue weighted by molar-refractivity contribution is -0.136. The summed E-state index contributed by atoms with van der Waals surface area (Å²) in [5.41, 5.74) is 0.190. The standard InChI is InChI=1S/C16H15F3N2S/c1-11(12-7-3-2-4-8-12)20-15(22)21-14-10-6-5-9-13(14)16(17,18)19/h2-11H,1H3,(H2,20,21,22)/t11-/m0/s1. The molecule has 2 nitrogen and oxygen atoms in total. The highest BCUT2D eigenvalue weighted by Gasteiger charge is 2.33. The van der Waals surface area contributed by atoms with Crippen LogP contribution in [-0.4, -0.2) is 5.11 Å². The number of rotatable bonds is 3. The quantitative estimate of drug-likeness (QED) is 0.797. The second-order valence-corrected chi connectivity index (χ2v) is 5.18. The Hall–Kier alpha value is -2.08. The number of nitrogens with one attached hydrogen (secondary N) is 2. The van der Waals surface area contributed by atoms with Gasteiger partial charge in [-0.3, -0.25) is 0 Å². The predicted octanol–water partition coefficient (Wildman–Crippen LogP) is 4.75. The third-order valence-electron chi connectivity index (χ3n) is 3.13. The molecule has 2 aromatic rings. The third kappa shape index (κ3) is 4.21. The lowest BCUT2D eigenvalue weighted by Gasteiger charge is -2.19. The molecule has 0 aliphatic rings. The van der Waals surface area contributed by atoms with Crippen LogP contribution in [0.4, 0.5) is 18.9 Å². The molecule has 0 aliphatic carbocycles. The minimum atomic E-state index is -4.43. The van der Waals surface area contributed by atoms with Gasteiger partial charge in [-0.1, -0.05) is 42.5 Å². The molecular formula is C16H15F3N2S. The zero-order valence-electron chi connectivity index (χ0n) is 11.8. The first kappa shape index (κ1) is 16.3. The maximum atomic E-state index is 12.9. The highest BCUT2D eigenvalue weighted by atomic mass is 32.1. The largest absolute Gasteiger partial charge is 0.418 e. The topological polar surface area (TPSA) is 24.1 Å². The van der Waals surface area contributed by atoms with Crippen LogP contribution in [0.5, 0.6) is 0 Å². The van der Waals surface area contributed by atoms with E-state index in [1.54, 1.807) is 0 Å². The maximum absolute atomic E-state index is 12.9. The summed E-state index contributed by atoms with van der Waals surface area (Å²) in [6, 6.07) is 14.7. The molecule has 2 N–H and O–H groups in total. The fourth-order valence-corrected chi connectivity index (χ4v) is 2.31. The molecule has 2 rings (SSSR count). The number of thiocarbonyl (C=S) groups is 1. The molecule has 1 atom stereocenters. The Labute approximate surface area is 132 Å². The van der Waals surface area contributed by atoms with Gasteiger partial charge in [0.05, 0.1) is 17.3 Å². The van der Waals surface area contributed by atoms with Crippen LogP contribution >= 0.6 is 12.2 Å². The van der Waals surface area contributed by atoms with Crippen LogP contribution in [-0.2, 0) is 6.18 Å². The van der Waals surface area contributed by atoms with E-state index in [1.807, 2.05) is 37.3 Å². The van der Waals surface area contributed by atoms with Crippen molar-refractivity contribution >= 4 is 23.0 Å². The summed E-state index contributed by atoms with van der Waals surface area (Å²) in [4.78, 5) is 0. The Morgan fingerprint density at radius 1 is 1.00 bits per heavy atom. The number of anilines is 1. The third-order valence-corrected chi connectivity index (χ3v) is 3.35. The van der Waals surface area contributed by atoms with Crippen molar-refractivity contribution in [2.24, 2.45) is 0 Å². The van der Waals surface area contributed by atoms with Crippen molar-refractivity contribution < 1.29 is 13.2 Å². The average Bonchev–Trinajstić information content (AvgIpc) is 2.47. The SMILES string of the molecule is C[C@H](NC(=S)Nc1ccccc1C(F)(F)F)c1ccccc1. The van der Waals surface area contributed by atoms with E-state index in [2.05, 4.69) is 10.6 Å². The minimum absolute atomic E-state index is 0.0623. The number of benzene rings is 2. The number of hydrogen-bond donors (Lipinski definition) is 2. The fourth-order valence-electron chi connectivity index (χ4n) is 2.02. The summed E-state index contributed by atoms with van der Waals surface area (Å²) in [6.45, 7) is 1.89. The van der Waals surface area contributed by atoms with E-state index in [0.717, 1.165) is 11.6 Å². The van der Waals surface area contributed by atoms with Crippen molar-refractivity contribution in [2.75, 3.05) is 5.32 Å². The number of halogens is 3. The van der Waals surface area contributed by atoms with Crippen LogP contribution in [0, 0.1) is 0 Å². The van der Waals surface area contributed by atoms with E-state index in [0.29, 0.717) is 0 Å². The normalized spacial score (nSPS) is 12.5. The van der Waals surface area contributed by atoms with Gasteiger partial charge in [0.1, 0.15) is 0 Å². The number of hydrogen-bond acceptors (Lipinski definition) is 1. The molecule has 22 heavy (non-hydrogen) atoms. The van der Waals surface area contributed by atoms with Gasteiger partial charge in [0.15, 0.2) is 5.11 Å². The Morgan fingerprint density at radius 2 is 1.59 bits per heavy atom. The molecule has 0 heterocycles. The van der Waals surface area contributed by atoms with Crippen molar-refractivity contribution in [3.05, 3.63) is 65.7 Å². The van der Waals surface area contributed by atoms with Crippen LogP contribution in [0.1, 0.15) is 24.1 Å². The monoisotopic (exact) mass is 324 g/mol. The Kier molecular flexibility index (Phi) is 5.03. The van der Waals surface area contributed by atoms with Gasteiger partial charge in [-0.2, -0.15) is 13.2 Å². The molecule has 0 radical (unpaired) electrons. The van der Waals surface area contributed by atoms with Gasteiger partial charge in [0.25, 0.3) is 0 Å². The first-order valence-electron chi connectivity index (χ1n) is 6.66. The zero-order valence-corrected chi connectivity index (χ0v) is 12.6. The number of para-hydroxylation sites is 1. The van der Waals surface area contributed by atoms with Gasteiger partial charge < -0.3 is 10.6 Å². The van der Waals surface area contributed by atoms with Crippen LogP contribution in [0.25, 0.3) is 0 Å². The summed E-state index contributed by atoms with van der Waals surface area (Å²) in [7, 11) is 0. The van der Waals surface area contributed by atoms with E-state index in [1.165, 1.54) is 18.2 Å². The molecule has 2 aromatic carbocycles. The summed E-state index contributed by atoms with van der Waals surface area (Å²) >= 11 is 5.11. The maximum Gasteiger partial charge on any atom is 0.418 e. The second kappa shape index (κ2) is 6.79. The van der Waals surface area contributed by atoms with Crippen LogP contribution < -0.4 is 10.6 Å². The van der Waals surface area contributed by atoms with E-state index >= 15 is 0 Å². The summed E-state index contributed by atoms with van der Waals surface area (Å²) in [6.07, 6.45) is -4.43. The summed E-state index contributed by atoms with van der Waals surface area (Å²) < 4.78 is 38.8. The average molecular weight is 324 g/mol. The Balaban J connectivity index is 2.07. The van der Waals surface area contributed by atoms with E-state index in [4.69, 9.17) is 12.2 Å². The Morgan fingerprint density at radius 3 is 2.23 bits per heavy atom. The lowest BCUT2D eigenvalue weighted by atomic mass is 10.1. The lowest BCUT2D eigenvalue weighted by Crippen LogP contribution is -2.31. The smallest absolute Gasteiger partial charge is 0.356 e. The molecule has 6 heteroatoms. The zero-order chi connectivity index (χ0) is 16.2. The Bertz CT molecular complexity index is 641. The van der Waals surface area contributed by atoms with Crippen molar-refractivity contribution in [3.63, 3.8) is 0 Å². The molecule has 0 unspecified atom stereocenters. The number of alkyl halides is 3. The van der Waals surface area contributed by atoms with Crippen molar-refractivity contribution in [1.82, 2.24) is 5.32 Å². The van der Waals surface area contributed by atoms with Crippen LogP contribution in [0.15, 0.2) is 54.6 Å². The van der Waals surface area contributed by atoms with Gasteiger partial charge in [-0.15, -0.1) is 0 Å². The van der Waals surface area contributed by atoms with E-state index in [-0.39, 0.29) is 16.8 Å². The van der Waals surface area contributed by atoms with Crippen molar-refractivity contribution in [2.45, 2.75) is 19.1 Å². The van der Waals surface area contributed by atoms with Gasteiger partial charge >= 0.3 is 6.18 Å². The molecule has 0 aliphatic heterocycles. The molecule has 0 fully saturated rings. The first-order chi connectivity index (χ1) is 10.4. The second-order valence-electron chi connectivity index (χ2n) is 4.77. The van der Waals surface area contributed by atoms with Gasteiger partial charge in [0.2, 0.25) is 0 Å². The summed E-state index contributed by atoms with van der Waals surface area (Å²) in [5.74, 6) is 0. The van der Waals surface area contributed by atoms with Gasteiger partial charge in [0, 0.05) is 0 Å². The molecule has 0 amide bonds. The van der Waals surface area contributed by atoms with E-state index in [9.17, 15) is 13.2 Å². The highest BCUT2D eigenvalue weighted by molar-refractivity contribution is 7.80. The predicted molar refractivity (Wildman–Crippen MR) is 85.7 cm³/mol. The van der Waals surface area contributed by atoms with Crippen molar-refractivity contribution in [3.8, 4) is 0 Å². The van der Waals surface area contributed by atoms with Crippen molar-refractivity contribution in [1.29, 1.82) is 0 Å². The van der Waals surface area contributed by atoms with Gasteiger partial charge in [-0.05, 0) is 36.8 Å². The first-order valence-corrected chi connectivity index (χ1v) is 7.07. The molecule has 116 valence electrons. The minimum Gasteiger partial charge on any atom is -0.356 e.